The van der Waals surface area contributed by atoms with Gasteiger partial charge in [-0.05, 0) is 25.1 Å². The zero-order valence-corrected chi connectivity index (χ0v) is 15.2. The lowest BCUT2D eigenvalue weighted by atomic mass is 10.3. The van der Waals surface area contributed by atoms with Crippen molar-refractivity contribution in [2.24, 2.45) is 0 Å². The van der Waals surface area contributed by atoms with Crippen molar-refractivity contribution in [2.75, 3.05) is 0 Å². The van der Waals surface area contributed by atoms with Crippen molar-refractivity contribution < 1.29 is 18.7 Å². The molecule has 3 rings (SSSR count). The summed E-state index contributed by atoms with van der Waals surface area (Å²) in [5.74, 6) is 0.454. The molecular formula is C19H16N2O5S. The average Bonchev–Trinajstić information content (AvgIpc) is 2.69. The Hall–Kier alpha value is -3.13. The van der Waals surface area contributed by atoms with Crippen LogP contribution in [0.5, 0.6) is 11.5 Å². The van der Waals surface area contributed by atoms with Crippen molar-refractivity contribution in [3.63, 3.8) is 0 Å². The highest BCUT2D eigenvalue weighted by molar-refractivity contribution is 7.98. The van der Waals surface area contributed by atoms with Crippen molar-refractivity contribution in [1.29, 1.82) is 0 Å². The van der Waals surface area contributed by atoms with Gasteiger partial charge >= 0.3 is 5.97 Å². The molecule has 8 heteroatoms. The quantitative estimate of drug-likeness (QED) is 0.349. The van der Waals surface area contributed by atoms with Crippen LogP contribution >= 0.6 is 11.8 Å². The molecular weight excluding hydrogens is 368 g/mol. The number of carbonyl (C=O) groups excluding carboxylic acids is 1. The number of aromatic nitrogens is 2. The van der Waals surface area contributed by atoms with Gasteiger partial charge in [0.15, 0.2) is 11.3 Å². The lowest BCUT2D eigenvalue weighted by Crippen LogP contribution is -2.29. The van der Waals surface area contributed by atoms with Crippen molar-refractivity contribution in [3.05, 3.63) is 77.1 Å². The summed E-state index contributed by atoms with van der Waals surface area (Å²) in [6.45, 7) is 1.54. The van der Waals surface area contributed by atoms with Gasteiger partial charge in [0.1, 0.15) is 17.8 Å². The van der Waals surface area contributed by atoms with Gasteiger partial charge in [-0.25, -0.2) is 14.8 Å². The Morgan fingerprint density at radius 3 is 2.63 bits per heavy atom. The maximum absolute atomic E-state index is 12.1. The van der Waals surface area contributed by atoms with Gasteiger partial charge in [-0.1, -0.05) is 30.0 Å². The molecule has 0 aliphatic carbocycles. The zero-order valence-electron chi connectivity index (χ0n) is 14.4. The van der Waals surface area contributed by atoms with E-state index in [9.17, 15) is 9.59 Å². The molecule has 2 aromatic heterocycles. The van der Waals surface area contributed by atoms with Crippen molar-refractivity contribution in [1.82, 2.24) is 9.97 Å². The van der Waals surface area contributed by atoms with E-state index in [2.05, 4.69) is 9.97 Å². The van der Waals surface area contributed by atoms with Crippen LogP contribution in [0, 0.1) is 0 Å². The molecule has 1 aromatic carbocycles. The van der Waals surface area contributed by atoms with Gasteiger partial charge < -0.3 is 13.9 Å². The highest BCUT2D eigenvalue weighted by Gasteiger charge is 2.19. The minimum absolute atomic E-state index is 0.187. The first-order valence-electron chi connectivity index (χ1n) is 8.07. The minimum atomic E-state index is -0.878. The smallest absolute Gasteiger partial charge is 0.352 e. The topological polar surface area (TPSA) is 91.5 Å². The van der Waals surface area contributed by atoms with Gasteiger partial charge in [0.25, 0.3) is 0 Å². The fourth-order valence-electron chi connectivity index (χ4n) is 2.03. The molecule has 7 nitrogen and oxygen atoms in total. The highest BCUT2D eigenvalue weighted by Crippen LogP contribution is 2.19. The van der Waals surface area contributed by atoms with Crippen LogP contribution in [0.2, 0.25) is 0 Å². The van der Waals surface area contributed by atoms with Crippen LogP contribution in [-0.4, -0.2) is 22.0 Å². The molecule has 0 bridgehead atoms. The third-order valence-electron chi connectivity index (χ3n) is 3.34. The largest absolute Gasteiger partial charge is 0.479 e. The van der Waals surface area contributed by atoms with Gasteiger partial charge in [-0.2, -0.15) is 0 Å². The van der Waals surface area contributed by atoms with Gasteiger partial charge in [0, 0.05) is 18.5 Å². The Balaban J connectivity index is 1.58. The van der Waals surface area contributed by atoms with Crippen LogP contribution in [0.3, 0.4) is 0 Å². The van der Waals surface area contributed by atoms with E-state index in [0.717, 1.165) is 6.26 Å². The van der Waals surface area contributed by atoms with Gasteiger partial charge in [-0.15, -0.1) is 0 Å². The predicted octanol–water partition coefficient (Wildman–Crippen LogP) is 3.10. The second-order valence-electron chi connectivity index (χ2n) is 5.39. The number of para-hydroxylation sites is 1. The van der Waals surface area contributed by atoms with Crippen molar-refractivity contribution >= 4 is 17.7 Å². The summed E-state index contributed by atoms with van der Waals surface area (Å²) in [6, 6.07) is 11.9. The normalized spacial score (nSPS) is 11.6. The van der Waals surface area contributed by atoms with E-state index in [-0.39, 0.29) is 5.75 Å². The number of esters is 1. The maximum atomic E-state index is 12.1. The fourth-order valence-corrected chi connectivity index (χ4v) is 2.72. The van der Waals surface area contributed by atoms with Crippen LogP contribution < -0.4 is 14.9 Å². The van der Waals surface area contributed by atoms with Crippen LogP contribution in [0.1, 0.15) is 12.7 Å². The molecule has 0 aliphatic heterocycles. The number of hydrogen-bond donors (Lipinski definition) is 0. The number of carbonyl (C=O) groups is 1. The Morgan fingerprint density at radius 2 is 1.93 bits per heavy atom. The average molecular weight is 384 g/mol. The summed E-state index contributed by atoms with van der Waals surface area (Å²) in [5.41, 5.74) is -0.453. The molecule has 0 spiro atoms. The first-order chi connectivity index (χ1) is 13.1. The van der Waals surface area contributed by atoms with E-state index >= 15 is 0 Å². The molecule has 138 valence electrons. The second kappa shape index (κ2) is 9.00. The lowest BCUT2D eigenvalue weighted by Gasteiger charge is -2.13. The van der Waals surface area contributed by atoms with E-state index in [1.807, 2.05) is 6.07 Å². The first-order valence-corrected chi connectivity index (χ1v) is 9.05. The fraction of sp³-hybridized carbons (Fsp3) is 0.158. The predicted molar refractivity (Wildman–Crippen MR) is 98.7 cm³/mol. The summed E-state index contributed by atoms with van der Waals surface area (Å²) in [5, 5.41) is 0.572. The number of benzene rings is 1. The third-order valence-corrected chi connectivity index (χ3v) is 4.23. The minimum Gasteiger partial charge on any atom is -0.479 e. The molecule has 0 amide bonds. The summed E-state index contributed by atoms with van der Waals surface area (Å²) in [4.78, 5) is 32.4. The number of nitrogens with zero attached hydrogens (tertiary/aromatic N) is 2. The van der Waals surface area contributed by atoms with E-state index in [1.165, 1.54) is 17.8 Å². The van der Waals surface area contributed by atoms with E-state index in [1.54, 1.807) is 49.6 Å². The van der Waals surface area contributed by atoms with E-state index in [4.69, 9.17) is 13.9 Å². The number of ether oxygens (including phenoxy) is 2. The molecule has 0 radical (unpaired) electrons. The van der Waals surface area contributed by atoms with Crippen LogP contribution in [0.15, 0.2) is 75.5 Å². The van der Waals surface area contributed by atoms with Crippen LogP contribution in [-0.2, 0) is 10.5 Å². The lowest BCUT2D eigenvalue weighted by molar-refractivity contribution is -0.141. The molecule has 2 heterocycles. The number of rotatable bonds is 7. The summed E-state index contributed by atoms with van der Waals surface area (Å²) >= 11 is 1.33. The Bertz CT molecular complexity index is 947. The molecule has 0 N–H and O–H groups in total. The molecule has 0 unspecified atom stereocenters. The number of hydrogen-bond acceptors (Lipinski definition) is 8. The van der Waals surface area contributed by atoms with Gasteiger partial charge in [0.05, 0.1) is 5.75 Å². The molecule has 0 saturated heterocycles. The SMILES string of the molecule is C[C@@H](Oc1ccccc1)C(=O)Oc1coc(CSc2ncccn2)cc1=O. The maximum Gasteiger partial charge on any atom is 0.352 e. The third kappa shape index (κ3) is 5.42. The molecule has 1 atom stereocenters. The Morgan fingerprint density at radius 1 is 1.19 bits per heavy atom. The second-order valence-corrected chi connectivity index (χ2v) is 6.33. The van der Waals surface area contributed by atoms with Crippen LogP contribution in [0.4, 0.5) is 0 Å². The van der Waals surface area contributed by atoms with Gasteiger partial charge in [0.2, 0.25) is 11.2 Å². The summed E-state index contributed by atoms with van der Waals surface area (Å²) in [7, 11) is 0. The molecule has 0 aliphatic rings. The number of thioether (sulfide) groups is 1. The molecule has 27 heavy (non-hydrogen) atoms. The molecule has 3 aromatic rings. The van der Waals surface area contributed by atoms with E-state index in [0.29, 0.717) is 22.4 Å². The molecule has 0 saturated carbocycles. The highest BCUT2D eigenvalue weighted by atomic mass is 32.2. The van der Waals surface area contributed by atoms with Crippen molar-refractivity contribution in [2.45, 2.75) is 23.9 Å². The first kappa shape index (κ1) is 18.7. The van der Waals surface area contributed by atoms with E-state index < -0.39 is 17.5 Å². The van der Waals surface area contributed by atoms with Crippen LogP contribution in [0.25, 0.3) is 0 Å². The zero-order chi connectivity index (χ0) is 19.1. The summed E-state index contributed by atoms with van der Waals surface area (Å²) in [6.07, 6.45) is 3.51. The molecule has 0 fully saturated rings. The van der Waals surface area contributed by atoms with Crippen molar-refractivity contribution in [3.8, 4) is 11.5 Å². The Labute approximate surface area is 159 Å². The summed E-state index contributed by atoms with van der Waals surface area (Å²) < 4.78 is 15.9. The monoisotopic (exact) mass is 384 g/mol. The Kier molecular flexibility index (Phi) is 6.22. The van der Waals surface area contributed by atoms with Gasteiger partial charge in [-0.3, -0.25) is 4.79 Å². The standard InChI is InChI=1S/C19H16N2O5S/c1-13(25-14-6-3-2-4-7-14)18(23)26-17-11-24-15(10-16(17)22)12-27-19-20-8-5-9-21-19/h2-11,13H,12H2,1H3/t13-/m1/s1.